The van der Waals surface area contributed by atoms with Crippen LogP contribution in [-0.4, -0.2) is 11.7 Å². The van der Waals surface area contributed by atoms with Crippen molar-refractivity contribution in [1.29, 1.82) is 0 Å². The Bertz CT molecular complexity index is 376. The van der Waals surface area contributed by atoms with Crippen LogP contribution in [-0.2, 0) is 4.79 Å². The number of Topliss-reactive ketones (excluding diaryl/α,β-unsaturated/α-hetero) is 1. The van der Waals surface area contributed by atoms with Gasteiger partial charge in [-0.15, -0.1) is 0 Å². The number of rotatable bonds is 2. The highest BCUT2D eigenvalue weighted by Gasteiger charge is 2.15. The molecule has 0 saturated heterocycles. The van der Waals surface area contributed by atoms with Crippen molar-refractivity contribution in [1.82, 2.24) is 0 Å². The lowest BCUT2D eigenvalue weighted by Gasteiger charge is -1.99. The number of hydrogen-bond acceptors (Lipinski definition) is 2. The highest BCUT2D eigenvalue weighted by Crippen LogP contribution is 2.21. The van der Waals surface area contributed by atoms with Gasteiger partial charge in [-0.05, 0) is 18.2 Å². The molecule has 0 radical (unpaired) electrons. The number of nitrogens with two attached hydrogens (primary N) is 1. The zero-order valence-corrected chi connectivity index (χ0v) is 7.89. The third-order valence-corrected chi connectivity index (χ3v) is 1.95. The molecule has 68 valence electrons. The molecule has 1 amide bonds. The first kappa shape index (κ1) is 10.0. The van der Waals surface area contributed by atoms with Crippen LogP contribution in [0.3, 0.4) is 0 Å². The highest BCUT2D eigenvalue weighted by molar-refractivity contribution is 6.47. The number of hydrogen-bond donors (Lipinski definition) is 1. The quantitative estimate of drug-likeness (QED) is 0.606. The van der Waals surface area contributed by atoms with Gasteiger partial charge in [0.2, 0.25) is 0 Å². The molecule has 0 spiro atoms. The summed E-state index contributed by atoms with van der Waals surface area (Å²) in [6.45, 7) is 0. The fraction of sp³-hybridized carbons (Fsp3) is 0. The fourth-order valence-corrected chi connectivity index (χ4v) is 1.30. The van der Waals surface area contributed by atoms with Crippen molar-refractivity contribution in [2.75, 3.05) is 0 Å². The van der Waals surface area contributed by atoms with Gasteiger partial charge in [0.15, 0.2) is 0 Å². The van der Waals surface area contributed by atoms with E-state index in [0.29, 0.717) is 5.02 Å². The van der Waals surface area contributed by atoms with Crippen LogP contribution in [0.4, 0.5) is 0 Å². The van der Waals surface area contributed by atoms with Crippen molar-refractivity contribution in [3.63, 3.8) is 0 Å². The minimum atomic E-state index is -1.04. The molecule has 2 N–H and O–H groups in total. The number of carbonyl (C=O) groups excluding carboxylic acids is 2. The van der Waals surface area contributed by atoms with Crippen LogP contribution in [0.5, 0.6) is 0 Å². The average Bonchev–Trinajstić information content (AvgIpc) is 2.03. The number of ketones is 1. The van der Waals surface area contributed by atoms with E-state index in [2.05, 4.69) is 0 Å². The van der Waals surface area contributed by atoms with Crippen molar-refractivity contribution < 1.29 is 9.59 Å². The normalized spacial score (nSPS) is 9.69. The number of amides is 1. The first-order valence-corrected chi connectivity index (χ1v) is 4.07. The van der Waals surface area contributed by atoms with E-state index in [-0.39, 0.29) is 10.6 Å². The molecule has 0 saturated carbocycles. The third-order valence-electron chi connectivity index (χ3n) is 1.40. The van der Waals surface area contributed by atoms with Gasteiger partial charge in [-0.1, -0.05) is 23.2 Å². The van der Waals surface area contributed by atoms with E-state index in [0.717, 1.165) is 0 Å². The SMILES string of the molecule is NC(=O)C(=O)c1ccc(Cl)cc1Cl. The molecule has 0 fully saturated rings. The summed E-state index contributed by atoms with van der Waals surface area (Å²) in [5.41, 5.74) is 4.86. The van der Waals surface area contributed by atoms with E-state index >= 15 is 0 Å². The molecule has 1 aromatic rings. The third kappa shape index (κ3) is 2.20. The zero-order valence-electron chi connectivity index (χ0n) is 6.38. The Hall–Kier alpha value is -1.06. The van der Waals surface area contributed by atoms with Gasteiger partial charge in [0, 0.05) is 10.6 Å². The molecule has 0 aromatic heterocycles. The molecule has 13 heavy (non-hydrogen) atoms. The number of benzene rings is 1. The summed E-state index contributed by atoms with van der Waals surface area (Å²) in [7, 11) is 0. The van der Waals surface area contributed by atoms with Gasteiger partial charge in [0.1, 0.15) is 0 Å². The summed E-state index contributed by atoms with van der Waals surface area (Å²) in [4.78, 5) is 21.6. The van der Waals surface area contributed by atoms with Crippen LogP contribution in [0, 0.1) is 0 Å². The van der Waals surface area contributed by atoms with E-state index in [1.807, 2.05) is 0 Å². The van der Waals surface area contributed by atoms with E-state index < -0.39 is 11.7 Å². The molecule has 1 aromatic carbocycles. The van der Waals surface area contributed by atoms with Gasteiger partial charge >= 0.3 is 0 Å². The second kappa shape index (κ2) is 3.77. The lowest BCUT2D eigenvalue weighted by Crippen LogP contribution is -2.23. The number of primary amides is 1. The second-order valence-corrected chi connectivity index (χ2v) is 3.16. The van der Waals surface area contributed by atoms with Gasteiger partial charge in [0.25, 0.3) is 11.7 Å². The largest absolute Gasteiger partial charge is 0.363 e. The lowest BCUT2D eigenvalue weighted by molar-refractivity contribution is -0.114. The molecule has 1 rings (SSSR count). The van der Waals surface area contributed by atoms with Crippen LogP contribution in [0.15, 0.2) is 18.2 Å². The van der Waals surface area contributed by atoms with Crippen molar-refractivity contribution in [2.45, 2.75) is 0 Å². The van der Waals surface area contributed by atoms with Crippen LogP contribution in [0.1, 0.15) is 10.4 Å². The molecule has 0 aliphatic heterocycles. The van der Waals surface area contributed by atoms with Crippen LogP contribution < -0.4 is 5.73 Å². The molecular weight excluding hydrogens is 213 g/mol. The molecule has 3 nitrogen and oxygen atoms in total. The van der Waals surface area contributed by atoms with Gasteiger partial charge < -0.3 is 5.73 Å². The second-order valence-electron chi connectivity index (χ2n) is 2.32. The van der Waals surface area contributed by atoms with E-state index in [4.69, 9.17) is 28.9 Å². The Labute approximate surface area is 84.4 Å². The summed E-state index contributed by atoms with van der Waals surface area (Å²) in [6, 6.07) is 4.20. The Morgan fingerprint density at radius 3 is 2.31 bits per heavy atom. The summed E-state index contributed by atoms with van der Waals surface area (Å²) in [6.07, 6.45) is 0. The predicted molar refractivity (Wildman–Crippen MR) is 50.0 cm³/mol. The number of carbonyl (C=O) groups is 2. The molecule has 0 heterocycles. The van der Waals surface area contributed by atoms with Crippen molar-refractivity contribution in [3.8, 4) is 0 Å². The average molecular weight is 218 g/mol. The number of halogens is 2. The van der Waals surface area contributed by atoms with Gasteiger partial charge in [-0.25, -0.2) is 0 Å². The standard InChI is InChI=1S/C8H5Cl2NO2/c9-4-1-2-5(6(10)3-4)7(12)8(11)13/h1-3H,(H2,11,13). The molecule has 5 heteroatoms. The molecular formula is C8H5Cl2NO2. The fourth-order valence-electron chi connectivity index (χ4n) is 0.806. The first-order valence-electron chi connectivity index (χ1n) is 3.31. The van der Waals surface area contributed by atoms with E-state index in [1.54, 1.807) is 0 Å². The Balaban J connectivity index is 3.16. The van der Waals surface area contributed by atoms with E-state index in [9.17, 15) is 9.59 Å². The minimum absolute atomic E-state index is 0.0681. The summed E-state index contributed by atoms with van der Waals surface area (Å²) < 4.78 is 0. The van der Waals surface area contributed by atoms with Gasteiger partial charge in [-0.3, -0.25) is 9.59 Å². The summed E-state index contributed by atoms with van der Waals surface area (Å²) in [5, 5.41) is 0.516. The predicted octanol–water partition coefficient (Wildman–Crippen LogP) is 1.66. The first-order chi connectivity index (χ1) is 6.02. The monoisotopic (exact) mass is 217 g/mol. The van der Waals surface area contributed by atoms with Crippen molar-refractivity contribution >= 4 is 34.9 Å². The molecule has 0 atom stereocenters. The highest BCUT2D eigenvalue weighted by atomic mass is 35.5. The minimum Gasteiger partial charge on any atom is -0.363 e. The van der Waals surface area contributed by atoms with Crippen LogP contribution in [0.25, 0.3) is 0 Å². The molecule has 0 aliphatic rings. The van der Waals surface area contributed by atoms with Gasteiger partial charge in [-0.2, -0.15) is 0 Å². The van der Waals surface area contributed by atoms with Crippen LogP contribution in [0.2, 0.25) is 10.0 Å². The lowest BCUT2D eigenvalue weighted by atomic mass is 10.1. The van der Waals surface area contributed by atoms with Crippen molar-refractivity contribution in [3.05, 3.63) is 33.8 Å². The van der Waals surface area contributed by atoms with E-state index in [1.165, 1.54) is 18.2 Å². The Morgan fingerprint density at radius 1 is 1.23 bits per heavy atom. The smallest absolute Gasteiger partial charge is 0.289 e. The molecule has 0 bridgehead atoms. The Morgan fingerprint density at radius 2 is 1.85 bits per heavy atom. The zero-order chi connectivity index (χ0) is 10.0. The summed E-state index contributed by atoms with van der Waals surface area (Å²) >= 11 is 11.2. The summed E-state index contributed by atoms with van der Waals surface area (Å²) in [5.74, 6) is -1.86. The van der Waals surface area contributed by atoms with Crippen LogP contribution >= 0.6 is 23.2 Å². The molecule has 0 aliphatic carbocycles. The maximum absolute atomic E-state index is 11.1. The maximum Gasteiger partial charge on any atom is 0.289 e. The maximum atomic E-state index is 11.1. The molecule has 0 unspecified atom stereocenters. The van der Waals surface area contributed by atoms with Gasteiger partial charge in [0.05, 0.1) is 5.02 Å². The van der Waals surface area contributed by atoms with Crippen molar-refractivity contribution in [2.24, 2.45) is 5.73 Å². The Kier molecular flexibility index (Phi) is 2.90. The topological polar surface area (TPSA) is 60.2 Å².